The van der Waals surface area contributed by atoms with E-state index in [0.717, 1.165) is 18.4 Å². The average molecular weight is 244 g/mol. The highest BCUT2D eigenvalue weighted by Gasteiger charge is 2.22. The molecule has 0 saturated heterocycles. The van der Waals surface area contributed by atoms with Gasteiger partial charge in [-0.3, -0.25) is 4.79 Å². The maximum Gasteiger partial charge on any atom is 0.307 e. The van der Waals surface area contributed by atoms with Gasteiger partial charge in [-0.15, -0.1) is 0 Å². The van der Waals surface area contributed by atoms with Gasteiger partial charge in [0.05, 0.1) is 6.42 Å². The molecule has 2 rings (SSSR count). The molecule has 1 aliphatic rings. The summed E-state index contributed by atoms with van der Waals surface area (Å²) in [5.74, 6) is 0.428. The second kappa shape index (κ2) is 5.38. The second-order valence-corrected chi connectivity index (χ2v) is 5.34. The van der Waals surface area contributed by atoms with E-state index < -0.39 is 5.97 Å². The van der Waals surface area contributed by atoms with Gasteiger partial charge >= 0.3 is 5.97 Å². The summed E-state index contributed by atoms with van der Waals surface area (Å²) in [4.78, 5) is 10.6. The van der Waals surface area contributed by atoms with Gasteiger partial charge in [0.15, 0.2) is 0 Å². The van der Waals surface area contributed by atoms with Crippen molar-refractivity contribution in [2.45, 2.75) is 38.5 Å². The predicted octanol–water partition coefficient (Wildman–Crippen LogP) is 3.77. The minimum absolute atomic E-state index is 0.109. The van der Waals surface area contributed by atoms with Crippen LogP contribution < -0.4 is 0 Å². The van der Waals surface area contributed by atoms with E-state index in [2.05, 4.69) is 25.6 Å². The predicted molar refractivity (Wildman–Crippen MR) is 72.7 cm³/mol. The lowest BCUT2D eigenvalue weighted by molar-refractivity contribution is -0.136. The van der Waals surface area contributed by atoms with Gasteiger partial charge in [-0.1, -0.05) is 43.3 Å². The molecule has 0 spiro atoms. The number of hydrogen-bond donors (Lipinski definition) is 1. The zero-order chi connectivity index (χ0) is 13.1. The highest BCUT2D eigenvalue weighted by Crippen LogP contribution is 2.38. The minimum atomic E-state index is -0.773. The Kier molecular flexibility index (Phi) is 3.85. The summed E-state index contributed by atoms with van der Waals surface area (Å²) < 4.78 is 0. The normalized spacial score (nSPS) is 23.9. The first-order chi connectivity index (χ1) is 8.56. The molecular formula is C16H20O2. The van der Waals surface area contributed by atoms with E-state index in [-0.39, 0.29) is 6.42 Å². The summed E-state index contributed by atoms with van der Waals surface area (Å²) in [5.41, 5.74) is 3.58. The maximum absolute atomic E-state index is 10.6. The van der Waals surface area contributed by atoms with Gasteiger partial charge in [0.2, 0.25) is 0 Å². The summed E-state index contributed by atoms with van der Waals surface area (Å²) >= 11 is 0. The lowest BCUT2D eigenvalue weighted by Gasteiger charge is -2.29. The first kappa shape index (κ1) is 12.9. The SMILES string of the molecule is C=C1CCC(c2ccc(CC(=O)O)cc2)CC1C. The van der Waals surface area contributed by atoms with E-state index in [9.17, 15) is 4.79 Å². The number of benzene rings is 1. The number of rotatable bonds is 3. The van der Waals surface area contributed by atoms with Crippen LogP contribution in [0.3, 0.4) is 0 Å². The molecule has 1 aromatic carbocycles. The summed E-state index contributed by atoms with van der Waals surface area (Å²) in [6.45, 7) is 6.35. The zero-order valence-corrected chi connectivity index (χ0v) is 10.9. The Balaban J connectivity index is 2.05. The van der Waals surface area contributed by atoms with Crippen molar-refractivity contribution in [3.05, 3.63) is 47.5 Å². The molecule has 0 radical (unpaired) electrons. The minimum Gasteiger partial charge on any atom is -0.481 e. The summed E-state index contributed by atoms with van der Waals surface area (Å²) in [5, 5.41) is 8.74. The van der Waals surface area contributed by atoms with E-state index in [1.54, 1.807) is 0 Å². The molecule has 1 saturated carbocycles. The molecule has 0 aromatic heterocycles. The Labute approximate surface area is 108 Å². The molecule has 1 aromatic rings. The number of carboxylic acid groups (broad SMARTS) is 1. The van der Waals surface area contributed by atoms with Crippen molar-refractivity contribution >= 4 is 5.97 Å². The standard InChI is InChI=1S/C16H20O2/c1-11-3-6-15(9-12(11)2)14-7-4-13(5-8-14)10-16(17)18/h4-5,7-8,12,15H,1,3,6,9-10H2,2H3,(H,17,18). The molecule has 1 N–H and O–H groups in total. The van der Waals surface area contributed by atoms with Crippen molar-refractivity contribution < 1.29 is 9.90 Å². The largest absolute Gasteiger partial charge is 0.481 e. The molecular weight excluding hydrogens is 224 g/mol. The third-order valence-corrected chi connectivity index (χ3v) is 3.96. The quantitative estimate of drug-likeness (QED) is 0.822. The maximum atomic E-state index is 10.6. The van der Waals surface area contributed by atoms with Crippen molar-refractivity contribution in [1.29, 1.82) is 0 Å². The molecule has 1 fully saturated rings. The zero-order valence-electron chi connectivity index (χ0n) is 10.9. The van der Waals surface area contributed by atoms with Crippen LogP contribution in [0.2, 0.25) is 0 Å². The smallest absolute Gasteiger partial charge is 0.307 e. The fraction of sp³-hybridized carbons (Fsp3) is 0.438. The van der Waals surface area contributed by atoms with Gasteiger partial charge in [0, 0.05) is 0 Å². The Hall–Kier alpha value is -1.57. The molecule has 2 nitrogen and oxygen atoms in total. The summed E-state index contributed by atoms with van der Waals surface area (Å²) in [7, 11) is 0. The molecule has 0 heterocycles. The van der Waals surface area contributed by atoms with Crippen molar-refractivity contribution in [2.75, 3.05) is 0 Å². The molecule has 96 valence electrons. The van der Waals surface area contributed by atoms with Crippen molar-refractivity contribution in [3.8, 4) is 0 Å². The summed E-state index contributed by atoms with van der Waals surface area (Å²) in [6.07, 6.45) is 3.55. The molecule has 2 heteroatoms. The van der Waals surface area contributed by atoms with Gasteiger partial charge in [0.1, 0.15) is 0 Å². The molecule has 2 atom stereocenters. The summed E-state index contributed by atoms with van der Waals surface area (Å²) in [6, 6.07) is 8.06. The first-order valence-electron chi connectivity index (χ1n) is 6.54. The Bertz CT molecular complexity index is 445. The highest BCUT2D eigenvalue weighted by atomic mass is 16.4. The van der Waals surface area contributed by atoms with Crippen LogP contribution in [0.15, 0.2) is 36.4 Å². The molecule has 0 amide bonds. The number of hydrogen-bond acceptors (Lipinski definition) is 1. The Morgan fingerprint density at radius 1 is 1.39 bits per heavy atom. The van der Waals surface area contributed by atoms with Crippen molar-refractivity contribution in [1.82, 2.24) is 0 Å². The van der Waals surface area contributed by atoms with Gasteiger partial charge in [-0.2, -0.15) is 0 Å². The van der Waals surface area contributed by atoms with Gasteiger partial charge in [-0.05, 0) is 42.2 Å². The van der Waals surface area contributed by atoms with Gasteiger partial charge in [-0.25, -0.2) is 0 Å². The van der Waals surface area contributed by atoms with E-state index in [1.807, 2.05) is 12.1 Å². The first-order valence-corrected chi connectivity index (χ1v) is 6.54. The average Bonchev–Trinajstić information content (AvgIpc) is 2.33. The van der Waals surface area contributed by atoms with Crippen LogP contribution >= 0.6 is 0 Å². The highest BCUT2D eigenvalue weighted by molar-refractivity contribution is 5.70. The lowest BCUT2D eigenvalue weighted by atomic mass is 9.76. The Morgan fingerprint density at radius 2 is 2.06 bits per heavy atom. The second-order valence-electron chi connectivity index (χ2n) is 5.34. The number of carbonyl (C=O) groups is 1. The van der Waals surface area contributed by atoms with Crippen molar-refractivity contribution in [3.63, 3.8) is 0 Å². The van der Waals surface area contributed by atoms with Crippen LogP contribution in [-0.2, 0) is 11.2 Å². The molecule has 0 aliphatic heterocycles. The van der Waals surface area contributed by atoms with Crippen molar-refractivity contribution in [2.24, 2.45) is 5.92 Å². The molecule has 2 unspecified atom stereocenters. The Morgan fingerprint density at radius 3 is 2.61 bits per heavy atom. The van der Waals surface area contributed by atoms with Crippen LogP contribution in [-0.4, -0.2) is 11.1 Å². The molecule has 1 aliphatic carbocycles. The van der Waals surface area contributed by atoms with Gasteiger partial charge in [0.25, 0.3) is 0 Å². The van der Waals surface area contributed by atoms with Crippen LogP contribution in [0.25, 0.3) is 0 Å². The number of allylic oxidation sites excluding steroid dienone is 1. The third-order valence-electron chi connectivity index (χ3n) is 3.96. The molecule has 18 heavy (non-hydrogen) atoms. The van der Waals surface area contributed by atoms with E-state index in [4.69, 9.17) is 5.11 Å². The van der Waals surface area contributed by atoms with Gasteiger partial charge < -0.3 is 5.11 Å². The van der Waals surface area contributed by atoms with E-state index in [0.29, 0.717) is 11.8 Å². The topological polar surface area (TPSA) is 37.3 Å². The lowest BCUT2D eigenvalue weighted by Crippen LogP contribution is -2.13. The fourth-order valence-corrected chi connectivity index (χ4v) is 2.70. The van der Waals surface area contributed by atoms with E-state index in [1.165, 1.54) is 17.6 Å². The van der Waals surface area contributed by atoms with E-state index >= 15 is 0 Å². The van der Waals surface area contributed by atoms with Crippen LogP contribution in [0.1, 0.15) is 43.2 Å². The van der Waals surface area contributed by atoms with Crippen LogP contribution in [0, 0.1) is 5.92 Å². The third kappa shape index (κ3) is 3.00. The monoisotopic (exact) mass is 244 g/mol. The van der Waals surface area contributed by atoms with Crippen LogP contribution in [0.4, 0.5) is 0 Å². The van der Waals surface area contributed by atoms with Crippen LogP contribution in [0.5, 0.6) is 0 Å². The molecule has 0 bridgehead atoms. The number of aliphatic carboxylic acids is 1. The number of carboxylic acids is 1. The fourth-order valence-electron chi connectivity index (χ4n) is 2.70.